The van der Waals surface area contributed by atoms with Gasteiger partial charge in [-0.3, -0.25) is 0 Å². The molecule has 1 atom stereocenters. The highest BCUT2D eigenvalue weighted by atomic mass is 32.2. The summed E-state index contributed by atoms with van der Waals surface area (Å²) in [4.78, 5) is 2.37. The molecule has 1 aromatic carbocycles. The maximum atomic E-state index is 12.0. The Morgan fingerprint density at radius 1 is 1.39 bits per heavy atom. The van der Waals surface area contributed by atoms with Crippen molar-refractivity contribution in [3.05, 3.63) is 24.3 Å². The molecule has 6 heteroatoms. The zero-order chi connectivity index (χ0) is 13.2. The largest absolute Gasteiger partial charge is 0.369 e. The summed E-state index contributed by atoms with van der Waals surface area (Å²) in [6.45, 7) is 1.56. The fourth-order valence-corrected chi connectivity index (χ4v) is 3.23. The lowest BCUT2D eigenvalue weighted by molar-refractivity contribution is 0.503. The van der Waals surface area contributed by atoms with Crippen molar-refractivity contribution in [3.8, 4) is 0 Å². The van der Waals surface area contributed by atoms with Crippen LogP contribution >= 0.6 is 0 Å². The molecule has 0 saturated carbocycles. The Kier molecular flexibility index (Phi) is 3.89. The maximum Gasteiger partial charge on any atom is 0.242 e. The van der Waals surface area contributed by atoms with Crippen LogP contribution in [0.1, 0.15) is 12.8 Å². The highest BCUT2D eigenvalue weighted by Gasteiger charge is 2.23. The Bertz CT molecular complexity index is 516. The second-order valence-electron chi connectivity index (χ2n) is 4.52. The number of nitrogens with two attached hydrogens (primary N) is 1. The van der Waals surface area contributed by atoms with Gasteiger partial charge in [-0.25, -0.2) is 13.1 Å². The van der Waals surface area contributed by atoms with Gasteiger partial charge in [0, 0.05) is 19.1 Å². The smallest absolute Gasteiger partial charge is 0.242 e. The molecule has 0 unspecified atom stereocenters. The van der Waals surface area contributed by atoms with Crippen LogP contribution in [0.5, 0.6) is 0 Å². The number of hydrogen-bond acceptors (Lipinski definition) is 4. The van der Waals surface area contributed by atoms with Gasteiger partial charge in [-0.15, -0.1) is 0 Å². The standard InChI is InChI=1S/C12H19N3O2S/c1-14-18(16,17)12-7-3-2-6-11(12)15-8-4-5-10(13)9-15/h2-3,6-7,10,14H,4-5,8-9,13H2,1H3/t10-/m1/s1. The van der Waals surface area contributed by atoms with E-state index in [1.54, 1.807) is 12.1 Å². The Morgan fingerprint density at radius 3 is 2.78 bits per heavy atom. The number of benzene rings is 1. The minimum atomic E-state index is -3.43. The molecular formula is C12H19N3O2S. The lowest BCUT2D eigenvalue weighted by Gasteiger charge is -2.33. The zero-order valence-electron chi connectivity index (χ0n) is 10.5. The summed E-state index contributed by atoms with van der Waals surface area (Å²) >= 11 is 0. The third-order valence-corrected chi connectivity index (χ3v) is 4.68. The summed E-state index contributed by atoms with van der Waals surface area (Å²) < 4.78 is 26.3. The van der Waals surface area contributed by atoms with E-state index in [1.807, 2.05) is 12.1 Å². The van der Waals surface area contributed by atoms with Crippen LogP contribution in [0.4, 0.5) is 5.69 Å². The van der Waals surface area contributed by atoms with Crippen LogP contribution < -0.4 is 15.4 Å². The number of para-hydroxylation sites is 1. The van der Waals surface area contributed by atoms with Gasteiger partial charge in [0.25, 0.3) is 0 Å². The van der Waals surface area contributed by atoms with Gasteiger partial charge < -0.3 is 10.6 Å². The van der Waals surface area contributed by atoms with E-state index in [0.717, 1.165) is 25.1 Å². The molecule has 1 aliphatic rings. The molecule has 0 bridgehead atoms. The van der Waals surface area contributed by atoms with E-state index in [1.165, 1.54) is 7.05 Å². The number of sulfonamides is 1. The van der Waals surface area contributed by atoms with Crippen molar-refractivity contribution in [2.24, 2.45) is 5.73 Å². The van der Waals surface area contributed by atoms with E-state index in [2.05, 4.69) is 9.62 Å². The molecule has 0 aliphatic carbocycles. The molecular weight excluding hydrogens is 250 g/mol. The van der Waals surface area contributed by atoms with E-state index in [9.17, 15) is 8.42 Å². The molecule has 0 spiro atoms. The van der Waals surface area contributed by atoms with Gasteiger partial charge in [0.15, 0.2) is 0 Å². The lowest BCUT2D eigenvalue weighted by Crippen LogP contribution is -2.43. The van der Waals surface area contributed by atoms with E-state index < -0.39 is 10.0 Å². The Balaban J connectivity index is 2.39. The topological polar surface area (TPSA) is 75.4 Å². The maximum absolute atomic E-state index is 12.0. The monoisotopic (exact) mass is 269 g/mol. The molecule has 1 aromatic rings. The van der Waals surface area contributed by atoms with Gasteiger partial charge in [-0.1, -0.05) is 12.1 Å². The quantitative estimate of drug-likeness (QED) is 0.839. The number of piperidine rings is 1. The highest BCUT2D eigenvalue weighted by molar-refractivity contribution is 7.89. The first kappa shape index (κ1) is 13.3. The van der Waals surface area contributed by atoms with E-state index in [-0.39, 0.29) is 6.04 Å². The fraction of sp³-hybridized carbons (Fsp3) is 0.500. The van der Waals surface area contributed by atoms with Crippen LogP contribution in [0, 0.1) is 0 Å². The van der Waals surface area contributed by atoms with E-state index >= 15 is 0 Å². The summed E-state index contributed by atoms with van der Waals surface area (Å²) in [5.74, 6) is 0. The van der Waals surface area contributed by atoms with Gasteiger partial charge >= 0.3 is 0 Å². The lowest BCUT2D eigenvalue weighted by atomic mass is 10.1. The van der Waals surface area contributed by atoms with Crippen molar-refractivity contribution in [1.29, 1.82) is 0 Å². The summed E-state index contributed by atoms with van der Waals surface area (Å²) in [6, 6.07) is 7.16. The van der Waals surface area contributed by atoms with Crippen LogP contribution in [0.3, 0.4) is 0 Å². The van der Waals surface area contributed by atoms with Crippen molar-refractivity contribution in [2.75, 3.05) is 25.0 Å². The SMILES string of the molecule is CNS(=O)(=O)c1ccccc1N1CCC[C@@H](N)C1. The molecule has 18 heavy (non-hydrogen) atoms. The van der Waals surface area contributed by atoms with Crippen molar-refractivity contribution in [3.63, 3.8) is 0 Å². The van der Waals surface area contributed by atoms with Gasteiger partial charge in [0.1, 0.15) is 4.90 Å². The average molecular weight is 269 g/mol. The number of rotatable bonds is 3. The average Bonchev–Trinajstić information content (AvgIpc) is 2.39. The van der Waals surface area contributed by atoms with Crippen LogP contribution in [0.15, 0.2) is 29.2 Å². The number of anilines is 1. The predicted octanol–water partition coefficient (Wildman–Crippen LogP) is 0.522. The van der Waals surface area contributed by atoms with E-state index in [0.29, 0.717) is 11.4 Å². The second-order valence-corrected chi connectivity index (χ2v) is 6.38. The first-order valence-electron chi connectivity index (χ1n) is 6.07. The molecule has 0 radical (unpaired) electrons. The molecule has 0 amide bonds. The third kappa shape index (κ3) is 2.66. The van der Waals surface area contributed by atoms with Gasteiger partial charge in [0.2, 0.25) is 10.0 Å². The summed E-state index contributed by atoms with van der Waals surface area (Å²) in [6.07, 6.45) is 1.99. The first-order chi connectivity index (χ1) is 8.54. The summed E-state index contributed by atoms with van der Waals surface area (Å²) in [5, 5.41) is 0. The van der Waals surface area contributed by atoms with Gasteiger partial charge in [-0.2, -0.15) is 0 Å². The van der Waals surface area contributed by atoms with Crippen LogP contribution in [-0.2, 0) is 10.0 Å². The zero-order valence-corrected chi connectivity index (χ0v) is 11.3. The molecule has 100 valence electrons. The molecule has 3 N–H and O–H groups in total. The van der Waals surface area contributed by atoms with Crippen LogP contribution in [-0.4, -0.2) is 34.6 Å². The second kappa shape index (κ2) is 5.26. The highest BCUT2D eigenvalue weighted by Crippen LogP contribution is 2.27. The Morgan fingerprint density at radius 2 is 2.11 bits per heavy atom. The molecule has 1 fully saturated rings. The Labute approximate surface area is 108 Å². The van der Waals surface area contributed by atoms with Gasteiger partial charge in [0.05, 0.1) is 5.69 Å². The molecule has 2 rings (SSSR count). The first-order valence-corrected chi connectivity index (χ1v) is 7.56. The molecule has 1 saturated heterocycles. The van der Waals surface area contributed by atoms with Crippen molar-refractivity contribution in [1.82, 2.24) is 4.72 Å². The predicted molar refractivity (Wildman–Crippen MR) is 72.1 cm³/mol. The Hall–Kier alpha value is -1.11. The molecule has 5 nitrogen and oxygen atoms in total. The summed E-state index contributed by atoms with van der Waals surface area (Å²) in [7, 11) is -2.00. The van der Waals surface area contributed by atoms with Gasteiger partial charge in [-0.05, 0) is 32.0 Å². The van der Waals surface area contributed by atoms with Crippen molar-refractivity contribution < 1.29 is 8.42 Å². The van der Waals surface area contributed by atoms with Crippen LogP contribution in [0.2, 0.25) is 0 Å². The normalized spacial score (nSPS) is 21.0. The molecule has 0 aromatic heterocycles. The van der Waals surface area contributed by atoms with Crippen LogP contribution in [0.25, 0.3) is 0 Å². The minimum Gasteiger partial charge on any atom is -0.369 e. The minimum absolute atomic E-state index is 0.115. The number of hydrogen-bond donors (Lipinski definition) is 2. The van der Waals surface area contributed by atoms with E-state index in [4.69, 9.17) is 5.73 Å². The number of nitrogens with one attached hydrogen (secondary N) is 1. The van der Waals surface area contributed by atoms with Crippen molar-refractivity contribution in [2.45, 2.75) is 23.8 Å². The molecule has 1 aliphatic heterocycles. The fourth-order valence-electron chi connectivity index (χ4n) is 2.28. The summed E-state index contributed by atoms with van der Waals surface area (Å²) in [5.41, 5.74) is 6.69. The van der Waals surface area contributed by atoms with Crippen molar-refractivity contribution >= 4 is 15.7 Å². The number of nitrogens with zero attached hydrogens (tertiary/aromatic N) is 1. The molecule has 1 heterocycles. The third-order valence-electron chi connectivity index (χ3n) is 3.22.